The molecule has 4 N–H and O–H groups in total. The van der Waals surface area contributed by atoms with Crippen LogP contribution < -0.4 is 21.1 Å². The maximum absolute atomic E-state index is 12.5. The minimum Gasteiger partial charge on any atom is -0.494 e. The summed E-state index contributed by atoms with van der Waals surface area (Å²) in [6.07, 6.45) is 8.52. The van der Waals surface area contributed by atoms with Crippen molar-refractivity contribution in [2.75, 3.05) is 11.9 Å². The van der Waals surface area contributed by atoms with E-state index in [0.717, 1.165) is 49.8 Å². The third-order valence-electron chi connectivity index (χ3n) is 5.25. The smallest absolute Gasteiger partial charge is 0.257 e. The van der Waals surface area contributed by atoms with E-state index >= 15 is 0 Å². The standard InChI is InChI=1S/C23H29N3O3S2/c1-2-3-4-7-14-29-16-12-10-15(11-13-16)21(28)25-23(30)26-22-19(20(24)27)17-8-5-6-9-18(17)31-22/h10-13H,2-9,14H2,1H3,(H2,24,27)(H2,25,26,28,30). The number of nitrogens with two attached hydrogens (primary N) is 1. The molecular weight excluding hydrogens is 430 g/mol. The van der Waals surface area contributed by atoms with E-state index < -0.39 is 5.91 Å². The van der Waals surface area contributed by atoms with Crippen LogP contribution in [0.25, 0.3) is 0 Å². The summed E-state index contributed by atoms with van der Waals surface area (Å²) in [7, 11) is 0. The van der Waals surface area contributed by atoms with E-state index in [-0.39, 0.29) is 11.0 Å². The Morgan fingerprint density at radius 2 is 1.87 bits per heavy atom. The summed E-state index contributed by atoms with van der Waals surface area (Å²) in [4.78, 5) is 25.7. The molecule has 1 aromatic heterocycles. The van der Waals surface area contributed by atoms with E-state index in [1.165, 1.54) is 29.1 Å². The number of thiophene rings is 1. The second kappa shape index (κ2) is 11.2. The highest BCUT2D eigenvalue weighted by atomic mass is 32.1. The van der Waals surface area contributed by atoms with Gasteiger partial charge in [0.1, 0.15) is 10.8 Å². The molecule has 2 amide bonds. The van der Waals surface area contributed by atoms with Gasteiger partial charge in [-0.15, -0.1) is 11.3 Å². The number of hydrogen-bond donors (Lipinski definition) is 3. The molecule has 0 atom stereocenters. The van der Waals surface area contributed by atoms with Gasteiger partial charge < -0.3 is 15.8 Å². The Morgan fingerprint density at radius 1 is 1.13 bits per heavy atom. The molecule has 6 nitrogen and oxygen atoms in total. The first-order valence-electron chi connectivity index (χ1n) is 10.8. The molecule has 0 saturated heterocycles. The number of fused-ring (bicyclic) bond motifs is 1. The molecule has 2 aromatic rings. The Bertz CT molecular complexity index is 938. The molecule has 1 aliphatic rings. The van der Waals surface area contributed by atoms with Crippen LogP contribution >= 0.6 is 23.6 Å². The second-order valence-electron chi connectivity index (χ2n) is 7.62. The Hall–Kier alpha value is -2.45. The number of benzene rings is 1. The van der Waals surface area contributed by atoms with Crippen molar-refractivity contribution in [3.05, 3.63) is 45.8 Å². The summed E-state index contributed by atoms with van der Waals surface area (Å²) in [6, 6.07) is 6.98. The van der Waals surface area contributed by atoms with E-state index in [1.807, 2.05) is 0 Å². The summed E-state index contributed by atoms with van der Waals surface area (Å²) in [5.74, 6) is -0.0562. The third-order valence-corrected chi connectivity index (χ3v) is 6.67. The lowest BCUT2D eigenvalue weighted by Crippen LogP contribution is -2.34. The fraction of sp³-hybridized carbons (Fsp3) is 0.435. The van der Waals surface area contributed by atoms with Gasteiger partial charge >= 0.3 is 0 Å². The molecule has 8 heteroatoms. The molecular formula is C23H29N3O3S2. The van der Waals surface area contributed by atoms with Gasteiger partial charge in [-0.3, -0.25) is 14.9 Å². The number of anilines is 1. The third kappa shape index (κ3) is 6.27. The molecule has 0 fully saturated rings. The lowest BCUT2D eigenvalue weighted by Gasteiger charge is -2.12. The van der Waals surface area contributed by atoms with Gasteiger partial charge in [0.15, 0.2) is 5.11 Å². The van der Waals surface area contributed by atoms with Crippen LogP contribution in [0.3, 0.4) is 0 Å². The normalized spacial score (nSPS) is 12.7. The molecule has 1 aromatic carbocycles. The minimum absolute atomic E-state index is 0.141. The number of primary amides is 1. The van der Waals surface area contributed by atoms with Crippen molar-refractivity contribution in [2.24, 2.45) is 5.73 Å². The molecule has 0 saturated carbocycles. The monoisotopic (exact) mass is 459 g/mol. The SMILES string of the molecule is CCCCCCOc1ccc(C(=O)NC(=S)Nc2sc3c(c2C(N)=O)CCCC3)cc1. The Labute approximate surface area is 192 Å². The largest absolute Gasteiger partial charge is 0.494 e. The Balaban J connectivity index is 1.56. The van der Waals surface area contributed by atoms with Gasteiger partial charge in [0.2, 0.25) is 0 Å². The van der Waals surface area contributed by atoms with Crippen molar-refractivity contribution >= 4 is 45.5 Å². The number of nitrogens with one attached hydrogen (secondary N) is 2. The van der Waals surface area contributed by atoms with Gasteiger partial charge in [0.25, 0.3) is 11.8 Å². The molecule has 0 unspecified atom stereocenters. The molecule has 0 radical (unpaired) electrons. The summed E-state index contributed by atoms with van der Waals surface area (Å²) < 4.78 is 5.71. The molecule has 0 spiro atoms. The van der Waals surface area contributed by atoms with Crippen LogP contribution in [0.15, 0.2) is 24.3 Å². The molecule has 1 aliphatic carbocycles. The number of ether oxygens (including phenoxy) is 1. The Morgan fingerprint density at radius 3 is 2.58 bits per heavy atom. The van der Waals surface area contributed by atoms with E-state index in [2.05, 4.69) is 17.6 Å². The molecule has 1 heterocycles. The first kappa shape index (κ1) is 23.2. The number of carbonyl (C=O) groups is 2. The van der Waals surface area contributed by atoms with Crippen LogP contribution in [-0.4, -0.2) is 23.5 Å². The van der Waals surface area contributed by atoms with Gasteiger partial charge in [-0.05, 0) is 74.2 Å². The summed E-state index contributed by atoms with van der Waals surface area (Å²) in [5, 5.41) is 6.42. The maximum Gasteiger partial charge on any atom is 0.257 e. The van der Waals surface area contributed by atoms with Gasteiger partial charge in [-0.2, -0.15) is 0 Å². The Kier molecular flexibility index (Phi) is 8.43. The second-order valence-corrected chi connectivity index (χ2v) is 9.13. The van der Waals surface area contributed by atoms with E-state index in [9.17, 15) is 9.59 Å². The fourth-order valence-corrected chi connectivity index (χ4v) is 5.20. The van der Waals surface area contributed by atoms with Crippen LogP contribution in [0, 0.1) is 0 Å². The van der Waals surface area contributed by atoms with E-state index in [4.69, 9.17) is 22.7 Å². The van der Waals surface area contributed by atoms with Crippen molar-refractivity contribution < 1.29 is 14.3 Å². The van der Waals surface area contributed by atoms with Crippen LogP contribution in [-0.2, 0) is 12.8 Å². The van der Waals surface area contributed by atoms with Crippen molar-refractivity contribution in [3.8, 4) is 5.75 Å². The number of carbonyl (C=O) groups excluding carboxylic acids is 2. The quantitative estimate of drug-likeness (QED) is 0.370. The number of aryl methyl sites for hydroxylation is 1. The highest BCUT2D eigenvalue weighted by Gasteiger charge is 2.24. The van der Waals surface area contributed by atoms with Crippen LogP contribution in [0.1, 0.15) is 76.6 Å². The number of hydrogen-bond acceptors (Lipinski definition) is 5. The van der Waals surface area contributed by atoms with Crippen LogP contribution in [0.5, 0.6) is 5.75 Å². The zero-order chi connectivity index (χ0) is 22.2. The molecule has 0 aliphatic heterocycles. The molecule has 31 heavy (non-hydrogen) atoms. The molecule has 166 valence electrons. The maximum atomic E-state index is 12.5. The van der Waals surface area contributed by atoms with Gasteiger partial charge in [-0.25, -0.2) is 0 Å². The van der Waals surface area contributed by atoms with E-state index in [1.54, 1.807) is 24.3 Å². The van der Waals surface area contributed by atoms with Crippen LogP contribution in [0.2, 0.25) is 0 Å². The average Bonchev–Trinajstić information content (AvgIpc) is 3.11. The predicted molar refractivity (Wildman–Crippen MR) is 129 cm³/mol. The zero-order valence-corrected chi connectivity index (χ0v) is 19.4. The number of thiocarbonyl (C=S) groups is 1. The number of unbranched alkanes of at least 4 members (excludes halogenated alkanes) is 3. The highest BCUT2D eigenvalue weighted by Crippen LogP contribution is 2.37. The minimum atomic E-state index is -0.471. The average molecular weight is 460 g/mol. The van der Waals surface area contributed by atoms with Crippen molar-refractivity contribution in [2.45, 2.75) is 58.3 Å². The summed E-state index contributed by atoms with van der Waals surface area (Å²) >= 11 is 6.79. The van der Waals surface area contributed by atoms with Crippen molar-refractivity contribution in [1.82, 2.24) is 5.32 Å². The molecule has 0 bridgehead atoms. The van der Waals surface area contributed by atoms with Crippen molar-refractivity contribution in [3.63, 3.8) is 0 Å². The highest BCUT2D eigenvalue weighted by molar-refractivity contribution is 7.80. The van der Waals surface area contributed by atoms with Crippen molar-refractivity contribution in [1.29, 1.82) is 0 Å². The summed E-state index contributed by atoms with van der Waals surface area (Å²) in [5.41, 5.74) is 7.60. The number of amides is 2. The van der Waals surface area contributed by atoms with Crippen LogP contribution in [0.4, 0.5) is 5.00 Å². The lowest BCUT2D eigenvalue weighted by molar-refractivity contribution is 0.0975. The fourth-order valence-electron chi connectivity index (χ4n) is 3.65. The topological polar surface area (TPSA) is 93.4 Å². The first-order valence-corrected chi connectivity index (χ1v) is 12.0. The molecule has 3 rings (SSSR count). The van der Waals surface area contributed by atoms with Gasteiger partial charge in [0.05, 0.1) is 12.2 Å². The number of rotatable bonds is 9. The van der Waals surface area contributed by atoms with Gasteiger partial charge in [-0.1, -0.05) is 26.2 Å². The van der Waals surface area contributed by atoms with E-state index in [0.29, 0.717) is 22.7 Å². The first-order chi connectivity index (χ1) is 15.0. The predicted octanol–water partition coefficient (Wildman–Crippen LogP) is 4.81. The lowest BCUT2D eigenvalue weighted by atomic mass is 9.95. The summed E-state index contributed by atoms with van der Waals surface area (Å²) in [6.45, 7) is 2.85. The van der Waals surface area contributed by atoms with Gasteiger partial charge in [0, 0.05) is 10.4 Å². The zero-order valence-electron chi connectivity index (χ0n) is 17.8.